The summed E-state index contributed by atoms with van der Waals surface area (Å²) in [5.41, 5.74) is 0.0791. The minimum absolute atomic E-state index is 0.0791. The van der Waals surface area contributed by atoms with Crippen LogP contribution in [-0.2, 0) is 0 Å². The summed E-state index contributed by atoms with van der Waals surface area (Å²) >= 11 is 0. The molecule has 1 aromatic carbocycles. The highest BCUT2D eigenvalue weighted by molar-refractivity contribution is 5.97. The van der Waals surface area contributed by atoms with Crippen LogP contribution in [0.2, 0.25) is 0 Å². The summed E-state index contributed by atoms with van der Waals surface area (Å²) in [4.78, 5) is 19.6. The van der Waals surface area contributed by atoms with Crippen molar-refractivity contribution in [3.8, 4) is 0 Å². The summed E-state index contributed by atoms with van der Waals surface area (Å²) in [7, 11) is 5.95. The van der Waals surface area contributed by atoms with E-state index in [1.165, 1.54) is 0 Å². The van der Waals surface area contributed by atoms with E-state index in [4.69, 9.17) is 0 Å². The van der Waals surface area contributed by atoms with Gasteiger partial charge in [-0.05, 0) is 25.5 Å². The van der Waals surface area contributed by atoms with Crippen LogP contribution in [0.25, 0.3) is 10.8 Å². The molecule has 0 atom stereocenters. The zero-order valence-corrected chi connectivity index (χ0v) is 12.0. The van der Waals surface area contributed by atoms with Crippen molar-refractivity contribution in [2.45, 2.75) is 0 Å². The second-order valence-electron chi connectivity index (χ2n) is 5.08. The molecule has 0 aliphatic heterocycles. The summed E-state index contributed by atoms with van der Waals surface area (Å²) in [6.45, 7) is 1.66. The van der Waals surface area contributed by atoms with Crippen LogP contribution >= 0.6 is 0 Å². The maximum absolute atomic E-state index is 11.2. The predicted octanol–water partition coefficient (Wildman–Crippen LogP) is 1.93. The molecule has 0 fully saturated rings. The van der Waals surface area contributed by atoms with Gasteiger partial charge in [0.25, 0.3) is 0 Å². The molecule has 0 aliphatic carbocycles. The lowest BCUT2D eigenvalue weighted by atomic mass is 10.1. The predicted molar refractivity (Wildman–Crippen MR) is 80.5 cm³/mol. The van der Waals surface area contributed by atoms with E-state index in [-0.39, 0.29) is 5.69 Å². The van der Waals surface area contributed by atoms with Crippen LogP contribution in [0.1, 0.15) is 10.5 Å². The van der Waals surface area contributed by atoms with E-state index in [0.717, 1.165) is 23.9 Å². The monoisotopic (exact) mass is 273 g/mol. The van der Waals surface area contributed by atoms with Crippen LogP contribution in [0, 0.1) is 0 Å². The summed E-state index contributed by atoms with van der Waals surface area (Å²) in [6, 6.07) is 9.33. The molecule has 0 amide bonds. The van der Waals surface area contributed by atoms with Crippen molar-refractivity contribution in [2.75, 3.05) is 39.1 Å². The quantitative estimate of drug-likeness (QED) is 0.902. The van der Waals surface area contributed by atoms with Crippen LogP contribution in [0.5, 0.6) is 0 Å². The fourth-order valence-corrected chi connectivity index (χ4v) is 2.04. The first-order valence-corrected chi connectivity index (χ1v) is 6.48. The zero-order chi connectivity index (χ0) is 14.7. The Hall–Kier alpha value is -2.14. The number of aromatic nitrogens is 1. The first-order valence-electron chi connectivity index (χ1n) is 6.48. The van der Waals surface area contributed by atoms with Gasteiger partial charge in [0.15, 0.2) is 5.69 Å². The molecule has 20 heavy (non-hydrogen) atoms. The minimum Gasteiger partial charge on any atom is -0.477 e. The Morgan fingerprint density at radius 3 is 2.55 bits per heavy atom. The molecule has 5 heteroatoms. The third kappa shape index (κ3) is 3.05. The van der Waals surface area contributed by atoms with E-state index >= 15 is 0 Å². The van der Waals surface area contributed by atoms with E-state index in [2.05, 4.69) is 9.88 Å². The lowest BCUT2D eigenvalue weighted by Crippen LogP contribution is -2.29. The van der Waals surface area contributed by atoms with Crippen molar-refractivity contribution < 1.29 is 9.90 Å². The molecule has 0 spiro atoms. The minimum atomic E-state index is -1.00. The van der Waals surface area contributed by atoms with E-state index in [9.17, 15) is 9.90 Å². The molecule has 0 bridgehead atoms. The molecule has 0 unspecified atom stereocenters. The number of carboxylic acids is 1. The number of likely N-dealkylation sites (N-methyl/N-ethyl adjacent to an activating group) is 2. The summed E-state index contributed by atoms with van der Waals surface area (Å²) in [5, 5.41) is 11.0. The third-order valence-corrected chi connectivity index (χ3v) is 3.18. The van der Waals surface area contributed by atoms with Gasteiger partial charge in [0.1, 0.15) is 5.82 Å². The number of fused-ring (bicyclic) bond motifs is 1. The summed E-state index contributed by atoms with van der Waals surface area (Å²) in [5.74, 6) is -0.291. The lowest BCUT2D eigenvalue weighted by Gasteiger charge is -2.22. The summed E-state index contributed by atoms with van der Waals surface area (Å²) in [6.07, 6.45) is 0. The van der Waals surface area contributed by atoms with Crippen molar-refractivity contribution in [1.82, 2.24) is 9.88 Å². The fourth-order valence-electron chi connectivity index (χ4n) is 2.04. The van der Waals surface area contributed by atoms with Crippen molar-refractivity contribution in [3.63, 3.8) is 0 Å². The molecular formula is C15H19N3O2. The molecule has 1 N–H and O–H groups in total. The Kier molecular flexibility index (Phi) is 4.20. The van der Waals surface area contributed by atoms with Crippen molar-refractivity contribution in [1.29, 1.82) is 0 Å². The van der Waals surface area contributed by atoms with E-state index in [0.29, 0.717) is 5.82 Å². The number of hydrogen-bond acceptors (Lipinski definition) is 4. The molecule has 5 nitrogen and oxygen atoms in total. The van der Waals surface area contributed by atoms with Gasteiger partial charge in [0.2, 0.25) is 0 Å². The maximum Gasteiger partial charge on any atom is 0.354 e. The van der Waals surface area contributed by atoms with Crippen molar-refractivity contribution in [3.05, 3.63) is 36.0 Å². The number of anilines is 1. The molecule has 1 heterocycles. The van der Waals surface area contributed by atoms with Gasteiger partial charge < -0.3 is 14.9 Å². The molecule has 1 aromatic heterocycles. The average molecular weight is 273 g/mol. The van der Waals surface area contributed by atoms with E-state index < -0.39 is 5.97 Å². The SMILES string of the molecule is CN(C)CCN(C)c1nc(C(=O)O)cc2ccccc12. The Balaban J connectivity index is 2.46. The lowest BCUT2D eigenvalue weighted by molar-refractivity contribution is 0.0691. The van der Waals surface area contributed by atoms with Crippen molar-refractivity contribution in [2.24, 2.45) is 0 Å². The topological polar surface area (TPSA) is 56.7 Å². The first kappa shape index (κ1) is 14.3. The van der Waals surface area contributed by atoms with Crippen LogP contribution in [0.15, 0.2) is 30.3 Å². The number of aromatic carboxylic acids is 1. The van der Waals surface area contributed by atoms with Gasteiger partial charge in [-0.15, -0.1) is 0 Å². The summed E-state index contributed by atoms with van der Waals surface area (Å²) < 4.78 is 0. The van der Waals surface area contributed by atoms with Gasteiger partial charge in [-0.1, -0.05) is 24.3 Å². The molecule has 2 aromatic rings. The Morgan fingerprint density at radius 2 is 1.90 bits per heavy atom. The number of benzene rings is 1. The highest BCUT2D eigenvalue weighted by Crippen LogP contribution is 2.25. The molecule has 0 aliphatic rings. The molecule has 0 radical (unpaired) electrons. The second kappa shape index (κ2) is 5.88. The molecule has 106 valence electrons. The highest BCUT2D eigenvalue weighted by atomic mass is 16.4. The fraction of sp³-hybridized carbons (Fsp3) is 0.333. The van der Waals surface area contributed by atoms with Crippen molar-refractivity contribution >= 4 is 22.6 Å². The van der Waals surface area contributed by atoms with Gasteiger partial charge in [-0.3, -0.25) is 0 Å². The number of carboxylic acid groups (broad SMARTS) is 1. The molecule has 0 saturated carbocycles. The normalized spacial score (nSPS) is 11.0. The van der Waals surface area contributed by atoms with Gasteiger partial charge in [0, 0.05) is 25.5 Å². The van der Waals surface area contributed by atoms with Gasteiger partial charge in [-0.25, -0.2) is 9.78 Å². The Labute approximate surface area is 118 Å². The standard InChI is InChI=1S/C15H19N3O2/c1-17(2)8-9-18(3)14-12-7-5-4-6-11(12)10-13(16-14)15(19)20/h4-7,10H,8-9H2,1-3H3,(H,19,20). The smallest absolute Gasteiger partial charge is 0.354 e. The van der Waals surface area contributed by atoms with Crippen LogP contribution in [0.3, 0.4) is 0 Å². The maximum atomic E-state index is 11.2. The highest BCUT2D eigenvalue weighted by Gasteiger charge is 2.13. The molecular weight excluding hydrogens is 254 g/mol. The van der Waals surface area contributed by atoms with Gasteiger partial charge in [0.05, 0.1) is 0 Å². The Bertz CT molecular complexity index is 626. The third-order valence-electron chi connectivity index (χ3n) is 3.18. The Morgan fingerprint density at radius 1 is 1.20 bits per heavy atom. The van der Waals surface area contributed by atoms with Gasteiger partial charge in [-0.2, -0.15) is 0 Å². The van der Waals surface area contributed by atoms with Gasteiger partial charge >= 0.3 is 5.97 Å². The van der Waals surface area contributed by atoms with Crippen LogP contribution in [0.4, 0.5) is 5.82 Å². The number of hydrogen-bond donors (Lipinski definition) is 1. The molecule has 2 rings (SSSR count). The zero-order valence-electron chi connectivity index (χ0n) is 12.0. The van der Waals surface area contributed by atoms with Crippen LogP contribution in [-0.4, -0.2) is 55.2 Å². The molecule has 0 saturated heterocycles. The number of carbonyl (C=O) groups is 1. The van der Waals surface area contributed by atoms with Crippen LogP contribution < -0.4 is 4.90 Å². The number of rotatable bonds is 5. The largest absolute Gasteiger partial charge is 0.477 e. The average Bonchev–Trinajstić information content (AvgIpc) is 2.43. The number of pyridine rings is 1. The first-order chi connectivity index (χ1) is 9.49. The van der Waals surface area contributed by atoms with E-state index in [1.807, 2.05) is 50.3 Å². The second-order valence-corrected chi connectivity index (χ2v) is 5.08. The number of nitrogens with zero attached hydrogens (tertiary/aromatic N) is 3. The van der Waals surface area contributed by atoms with E-state index in [1.54, 1.807) is 6.07 Å².